The maximum atomic E-state index is 12.5. The third kappa shape index (κ3) is 8.61. The van der Waals surface area contributed by atoms with Crippen molar-refractivity contribution in [2.24, 2.45) is 0 Å². The molecule has 0 bridgehead atoms. The van der Waals surface area contributed by atoms with Crippen molar-refractivity contribution in [2.45, 2.75) is 69.9 Å². The third-order valence-electron chi connectivity index (χ3n) is 3.20. The molecule has 10 heteroatoms. The number of hydrogen-bond donors (Lipinski definition) is 1. The molecule has 0 saturated carbocycles. The molecule has 0 unspecified atom stereocenters. The van der Waals surface area contributed by atoms with Crippen LogP contribution >= 0.6 is 0 Å². The van der Waals surface area contributed by atoms with Crippen LogP contribution in [0.25, 0.3) is 0 Å². The van der Waals surface area contributed by atoms with Crippen LogP contribution in [0.2, 0.25) is 0 Å². The monoisotopic (exact) mass is 411 g/mol. The lowest BCUT2D eigenvalue weighted by molar-refractivity contribution is -0.274. The maximum Gasteiger partial charge on any atom is 0.573 e. The van der Waals surface area contributed by atoms with E-state index in [9.17, 15) is 26.4 Å². The van der Waals surface area contributed by atoms with Crippen LogP contribution in [0, 0.1) is 0 Å². The van der Waals surface area contributed by atoms with Gasteiger partial charge in [-0.2, -0.15) is 4.72 Å². The first kappa shape index (κ1) is 23.2. The second-order valence-electron chi connectivity index (χ2n) is 6.87. The fourth-order valence-corrected chi connectivity index (χ4v) is 3.30. The second kappa shape index (κ2) is 8.92. The molecule has 1 atom stereocenters. The standard InChI is InChI=1S/C17H24F3NO5S/c1-5-6-7-14(15(22)26-16(2,3)4)21-27(23,24)13-10-8-12(9-11-13)25-17(18,19)20/h8-11,14,21H,5-7H2,1-4H3/t14-/m0/s1. The Morgan fingerprint density at radius 2 is 1.70 bits per heavy atom. The van der Waals surface area contributed by atoms with Gasteiger partial charge in [-0.1, -0.05) is 19.8 Å². The van der Waals surface area contributed by atoms with Crippen molar-refractivity contribution >= 4 is 16.0 Å². The zero-order chi connectivity index (χ0) is 20.9. The van der Waals surface area contributed by atoms with Crippen LogP contribution in [0.1, 0.15) is 47.0 Å². The van der Waals surface area contributed by atoms with Crippen molar-refractivity contribution in [3.05, 3.63) is 24.3 Å². The Morgan fingerprint density at radius 1 is 1.15 bits per heavy atom. The van der Waals surface area contributed by atoms with Gasteiger partial charge < -0.3 is 9.47 Å². The Bertz CT molecular complexity index is 724. The number of ether oxygens (including phenoxy) is 2. The number of unbranched alkanes of at least 4 members (excludes halogenated alkanes) is 1. The number of sulfonamides is 1. The summed E-state index contributed by atoms with van der Waals surface area (Å²) in [6.45, 7) is 6.88. The van der Waals surface area contributed by atoms with E-state index in [-0.39, 0.29) is 11.3 Å². The highest BCUT2D eigenvalue weighted by Crippen LogP contribution is 2.24. The predicted molar refractivity (Wildman–Crippen MR) is 92.6 cm³/mol. The number of alkyl halides is 3. The van der Waals surface area contributed by atoms with Crippen molar-refractivity contribution in [1.82, 2.24) is 4.72 Å². The molecular formula is C17H24F3NO5S. The molecule has 0 amide bonds. The topological polar surface area (TPSA) is 81.7 Å². The Kier molecular flexibility index (Phi) is 7.67. The summed E-state index contributed by atoms with van der Waals surface area (Å²) in [5, 5.41) is 0. The van der Waals surface area contributed by atoms with Gasteiger partial charge in [0.2, 0.25) is 10.0 Å². The Hall–Kier alpha value is -1.81. The van der Waals surface area contributed by atoms with Crippen molar-refractivity contribution in [3.8, 4) is 5.75 Å². The molecule has 1 rings (SSSR count). The highest BCUT2D eigenvalue weighted by Gasteiger charge is 2.32. The number of esters is 1. The molecule has 6 nitrogen and oxygen atoms in total. The molecule has 1 N–H and O–H groups in total. The molecular weight excluding hydrogens is 387 g/mol. The summed E-state index contributed by atoms with van der Waals surface area (Å²) in [6.07, 6.45) is -3.31. The summed E-state index contributed by atoms with van der Waals surface area (Å²) in [6, 6.07) is 2.61. The lowest BCUT2D eigenvalue weighted by atomic mass is 10.1. The summed E-state index contributed by atoms with van der Waals surface area (Å²) in [5.74, 6) is -1.26. The first-order valence-electron chi connectivity index (χ1n) is 8.34. The molecule has 27 heavy (non-hydrogen) atoms. The van der Waals surface area contributed by atoms with Crippen LogP contribution < -0.4 is 9.46 Å². The SMILES string of the molecule is CCCC[C@H](NS(=O)(=O)c1ccc(OC(F)(F)F)cc1)C(=O)OC(C)(C)C. The van der Waals surface area contributed by atoms with E-state index in [1.807, 2.05) is 6.92 Å². The molecule has 0 radical (unpaired) electrons. The molecule has 1 aromatic rings. The summed E-state index contributed by atoms with van der Waals surface area (Å²) in [7, 11) is -4.14. The Morgan fingerprint density at radius 3 is 2.15 bits per heavy atom. The lowest BCUT2D eigenvalue weighted by Crippen LogP contribution is -2.44. The van der Waals surface area contributed by atoms with Crippen LogP contribution in [0.5, 0.6) is 5.75 Å². The highest BCUT2D eigenvalue weighted by molar-refractivity contribution is 7.89. The molecule has 154 valence electrons. The average molecular weight is 411 g/mol. The lowest BCUT2D eigenvalue weighted by Gasteiger charge is -2.24. The van der Waals surface area contributed by atoms with Crippen molar-refractivity contribution < 1.29 is 35.9 Å². The fourth-order valence-electron chi connectivity index (χ4n) is 2.08. The van der Waals surface area contributed by atoms with E-state index >= 15 is 0 Å². The number of nitrogens with one attached hydrogen (secondary N) is 1. The Labute approximate surface area is 157 Å². The average Bonchev–Trinajstić information content (AvgIpc) is 2.48. The number of carbonyl (C=O) groups excluding carboxylic acids is 1. The minimum Gasteiger partial charge on any atom is -0.459 e. The quantitative estimate of drug-likeness (QED) is 0.659. The van der Waals surface area contributed by atoms with Gasteiger partial charge in [0, 0.05) is 0 Å². The minimum absolute atomic E-state index is 0.236. The number of carbonyl (C=O) groups is 1. The van der Waals surface area contributed by atoms with E-state index in [0.29, 0.717) is 6.42 Å². The van der Waals surface area contributed by atoms with E-state index in [0.717, 1.165) is 30.7 Å². The van der Waals surface area contributed by atoms with E-state index < -0.39 is 39.7 Å². The summed E-state index contributed by atoms with van der Waals surface area (Å²) >= 11 is 0. The summed E-state index contributed by atoms with van der Waals surface area (Å²) in [4.78, 5) is 12.0. The van der Waals surface area contributed by atoms with Crippen LogP contribution in [-0.4, -0.2) is 32.4 Å². The van der Waals surface area contributed by atoms with Crippen molar-refractivity contribution in [1.29, 1.82) is 0 Å². The number of rotatable bonds is 8. The van der Waals surface area contributed by atoms with Gasteiger partial charge in [-0.25, -0.2) is 8.42 Å². The summed E-state index contributed by atoms with van der Waals surface area (Å²) < 4.78 is 72.8. The smallest absolute Gasteiger partial charge is 0.459 e. The van der Waals surface area contributed by atoms with Gasteiger partial charge in [0.1, 0.15) is 17.4 Å². The van der Waals surface area contributed by atoms with Gasteiger partial charge in [0.15, 0.2) is 0 Å². The first-order chi connectivity index (χ1) is 12.2. The molecule has 0 aliphatic heterocycles. The molecule has 0 fully saturated rings. The van der Waals surface area contributed by atoms with Gasteiger partial charge in [-0.3, -0.25) is 4.79 Å². The molecule has 0 aromatic heterocycles. The van der Waals surface area contributed by atoms with Crippen LogP contribution in [0.3, 0.4) is 0 Å². The number of halogens is 3. The maximum absolute atomic E-state index is 12.5. The molecule has 0 saturated heterocycles. The van der Waals surface area contributed by atoms with E-state index in [1.165, 1.54) is 0 Å². The predicted octanol–water partition coefficient (Wildman–Crippen LogP) is 3.76. The molecule has 0 aliphatic carbocycles. The van der Waals surface area contributed by atoms with E-state index in [1.54, 1.807) is 20.8 Å². The normalized spacial score (nSPS) is 13.9. The molecule has 0 heterocycles. The number of hydrogen-bond acceptors (Lipinski definition) is 5. The largest absolute Gasteiger partial charge is 0.573 e. The number of benzene rings is 1. The van der Waals surface area contributed by atoms with Crippen LogP contribution in [0.15, 0.2) is 29.2 Å². The van der Waals surface area contributed by atoms with Gasteiger partial charge >= 0.3 is 12.3 Å². The van der Waals surface area contributed by atoms with Gasteiger partial charge in [-0.05, 0) is 51.5 Å². The van der Waals surface area contributed by atoms with E-state index in [4.69, 9.17) is 4.74 Å². The summed E-state index contributed by atoms with van der Waals surface area (Å²) in [5.41, 5.74) is -0.788. The molecule has 0 spiro atoms. The molecule has 1 aromatic carbocycles. The Balaban J connectivity index is 2.97. The van der Waals surface area contributed by atoms with Crippen LogP contribution in [-0.2, 0) is 19.6 Å². The third-order valence-corrected chi connectivity index (χ3v) is 4.69. The fraction of sp³-hybridized carbons (Fsp3) is 0.588. The van der Waals surface area contributed by atoms with Crippen molar-refractivity contribution in [3.63, 3.8) is 0 Å². The minimum atomic E-state index is -4.87. The van der Waals surface area contributed by atoms with Gasteiger partial charge in [0.25, 0.3) is 0 Å². The van der Waals surface area contributed by atoms with Gasteiger partial charge in [-0.15, -0.1) is 13.2 Å². The van der Waals surface area contributed by atoms with Crippen LogP contribution in [0.4, 0.5) is 13.2 Å². The highest BCUT2D eigenvalue weighted by atomic mass is 32.2. The zero-order valence-electron chi connectivity index (χ0n) is 15.6. The first-order valence-corrected chi connectivity index (χ1v) is 9.83. The zero-order valence-corrected chi connectivity index (χ0v) is 16.4. The van der Waals surface area contributed by atoms with Crippen molar-refractivity contribution in [2.75, 3.05) is 0 Å². The van der Waals surface area contributed by atoms with E-state index in [2.05, 4.69) is 9.46 Å². The molecule has 0 aliphatic rings. The van der Waals surface area contributed by atoms with Gasteiger partial charge in [0.05, 0.1) is 4.90 Å². The second-order valence-corrected chi connectivity index (χ2v) is 8.58.